The molecule has 3 heterocycles. The van der Waals surface area contributed by atoms with Crippen LogP contribution < -0.4 is 10.2 Å². The number of halogens is 3. The van der Waals surface area contributed by atoms with Gasteiger partial charge in [0.1, 0.15) is 6.54 Å². The summed E-state index contributed by atoms with van der Waals surface area (Å²) < 4.78 is 41.2. The van der Waals surface area contributed by atoms with Crippen molar-refractivity contribution in [3.05, 3.63) is 59.7 Å². The molecule has 1 unspecified atom stereocenters. The Morgan fingerprint density at radius 1 is 1.15 bits per heavy atom. The molecule has 0 saturated carbocycles. The minimum absolute atomic E-state index is 0.0500. The fourth-order valence-electron chi connectivity index (χ4n) is 4.04. The van der Waals surface area contributed by atoms with Gasteiger partial charge in [-0.05, 0) is 49.7 Å². The molecule has 1 N–H and O–H groups in total. The second-order valence-electron chi connectivity index (χ2n) is 7.98. The number of nitrogens with one attached hydrogen (secondary N) is 1. The van der Waals surface area contributed by atoms with E-state index in [1.165, 1.54) is 22.7 Å². The number of rotatable bonds is 3. The number of aromatic nitrogens is 3. The first kappa shape index (κ1) is 22.2. The summed E-state index contributed by atoms with van der Waals surface area (Å²) in [6.07, 6.45) is -4.56. The smallest absolute Gasteiger partial charge is 0.323 e. The van der Waals surface area contributed by atoms with Crippen molar-refractivity contribution in [3.8, 4) is 0 Å². The third-order valence-corrected chi connectivity index (χ3v) is 6.69. The minimum Gasteiger partial charge on any atom is -0.323 e. The van der Waals surface area contributed by atoms with Gasteiger partial charge in [-0.25, -0.2) is 0 Å². The van der Waals surface area contributed by atoms with E-state index in [4.69, 9.17) is 0 Å². The molecule has 174 valence electrons. The summed E-state index contributed by atoms with van der Waals surface area (Å²) in [5.41, 5.74) is 1.85. The maximum atomic E-state index is 13.3. The molecule has 2 amide bonds. The maximum absolute atomic E-state index is 13.3. The lowest BCUT2D eigenvalue weighted by atomic mass is 10.1. The Morgan fingerprint density at radius 2 is 1.91 bits per heavy atom. The van der Waals surface area contributed by atoms with Gasteiger partial charge in [-0.2, -0.15) is 13.2 Å². The molecule has 4 aromatic rings. The van der Waals surface area contributed by atoms with E-state index in [2.05, 4.69) is 15.5 Å². The van der Waals surface area contributed by atoms with E-state index in [-0.39, 0.29) is 17.9 Å². The lowest BCUT2D eigenvalue weighted by molar-refractivity contribution is -0.137. The van der Waals surface area contributed by atoms with Crippen LogP contribution in [0, 0.1) is 6.92 Å². The van der Waals surface area contributed by atoms with Gasteiger partial charge in [0.05, 0.1) is 27.7 Å². The van der Waals surface area contributed by atoms with Crippen LogP contribution in [0.15, 0.2) is 53.7 Å². The zero-order chi connectivity index (χ0) is 24.2. The monoisotopic (exact) mass is 485 g/mol. The average molecular weight is 485 g/mol. The summed E-state index contributed by atoms with van der Waals surface area (Å²) in [5.74, 6) is -0.985. The van der Waals surface area contributed by atoms with Crippen molar-refractivity contribution < 1.29 is 22.8 Å². The first-order valence-corrected chi connectivity index (χ1v) is 11.2. The number of pyridine rings is 1. The van der Waals surface area contributed by atoms with Crippen LogP contribution >= 0.6 is 11.8 Å². The predicted octanol–water partition coefficient (Wildman–Crippen LogP) is 4.68. The van der Waals surface area contributed by atoms with Crippen LogP contribution in [0.5, 0.6) is 0 Å². The molecule has 0 aliphatic carbocycles. The Balaban J connectivity index is 1.48. The number of aryl methyl sites for hydroxylation is 1. The largest absolute Gasteiger partial charge is 0.416 e. The highest BCUT2D eigenvalue weighted by Crippen LogP contribution is 2.38. The molecule has 1 aliphatic heterocycles. The number of anilines is 2. The number of alkyl halides is 3. The number of benzene rings is 2. The molecule has 34 heavy (non-hydrogen) atoms. The lowest BCUT2D eigenvalue weighted by Gasteiger charge is -2.31. The minimum atomic E-state index is -4.56. The van der Waals surface area contributed by atoms with Crippen molar-refractivity contribution in [2.75, 3.05) is 16.8 Å². The molecule has 0 spiro atoms. The van der Waals surface area contributed by atoms with Crippen LogP contribution in [0.2, 0.25) is 0 Å². The summed E-state index contributed by atoms with van der Waals surface area (Å²) in [7, 11) is 0. The Kier molecular flexibility index (Phi) is 5.23. The molecule has 0 fully saturated rings. The van der Waals surface area contributed by atoms with Gasteiger partial charge in [0, 0.05) is 5.39 Å². The molecule has 0 radical (unpaired) electrons. The summed E-state index contributed by atoms with van der Waals surface area (Å²) in [4.78, 5) is 26.7. The molecule has 0 bridgehead atoms. The van der Waals surface area contributed by atoms with Crippen LogP contribution in [0.25, 0.3) is 16.6 Å². The van der Waals surface area contributed by atoms with E-state index < -0.39 is 28.8 Å². The van der Waals surface area contributed by atoms with Gasteiger partial charge >= 0.3 is 6.18 Å². The van der Waals surface area contributed by atoms with Gasteiger partial charge in [0.2, 0.25) is 11.8 Å². The summed E-state index contributed by atoms with van der Waals surface area (Å²) in [6.45, 7) is 3.37. The molecule has 2 aromatic carbocycles. The standard InChI is InChI=1S/C23H18F3N5O2S/c1-12-9-19-28-29-22(31(19)17-6-4-3-5-15(12)17)34-13(2)21(33)30-11-20(32)27-16-10-14(23(24,25)26)7-8-18(16)30/h3-10,13H,11H2,1-2H3,(H,27,32). The topological polar surface area (TPSA) is 79.6 Å². The molecule has 1 aliphatic rings. The molecular formula is C23H18F3N5O2S. The molecular weight excluding hydrogens is 467 g/mol. The third-order valence-electron chi connectivity index (χ3n) is 5.66. The van der Waals surface area contributed by atoms with Gasteiger partial charge in [0.25, 0.3) is 0 Å². The number of carbonyl (C=O) groups excluding carboxylic acids is 2. The van der Waals surface area contributed by atoms with Crippen LogP contribution in [-0.2, 0) is 15.8 Å². The highest BCUT2D eigenvalue weighted by Gasteiger charge is 2.35. The number of nitrogens with zero attached hydrogens (tertiary/aromatic N) is 4. The third kappa shape index (κ3) is 3.75. The second kappa shape index (κ2) is 8.01. The molecule has 1 atom stereocenters. The normalized spacial score (nSPS) is 14.9. The van der Waals surface area contributed by atoms with Gasteiger partial charge in [-0.1, -0.05) is 30.0 Å². The fraction of sp³-hybridized carbons (Fsp3) is 0.217. The summed E-state index contributed by atoms with van der Waals surface area (Å²) in [5, 5.41) is 11.8. The fourth-order valence-corrected chi connectivity index (χ4v) is 4.97. The first-order chi connectivity index (χ1) is 16.1. The number of fused-ring (bicyclic) bond motifs is 4. The van der Waals surface area contributed by atoms with E-state index in [1.807, 2.05) is 41.7 Å². The maximum Gasteiger partial charge on any atom is 0.416 e. The van der Waals surface area contributed by atoms with Crippen LogP contribution in [0.1, 0.15) is 18.1 Å². The highest BCUT2D eigenvalue weighted by atomic mass is 32.2. The molecule has 0 saturated heterocycles. The number of thioether (sulfide) groups is 1. The van der Waals surface area contributed by atoms with Crippen LogP contribution in [0.3, 0.4) is 0 Å². The van der Waals surface area contributed by atoms with Gasteiger partial charge in [-0.3, -0.25) is 18.9 Å². The predicted molar refractivity (Wildman–Crippen MR) is 123 cm³/mol. The van der Waals surface area contributed by atoms with Crippen molar-refractivity contribution in [1.29, 1.82) is 0 Å². The van der Waals surface area contributed by atoms with E-state index in [0.717, 1.165) is 28.6 Å². The lowest BCUT2D eigenvalue weighted by Crippen LogP contribution is -2.45. The van der Waals surface area contributed by atoms with Gasteiger partial charge in [0.15, 0.2) is 10.8 Å². The van der Waals surface area contributed by atoms with Crippen molar-refractivity contribution in [1.82, 2.24) is 14.6 Å². The highest BCUT2D eigenvalue weighted by molar-refractivity contribution is 8.00. The quantitative estimate of drug-likeness (QED) is 0.427. The number of hydrogen-bond donors (Lipinski definition) is 1. The Bertz CT molecular complexity index is 1470. The zero-order valence-electron chi connectivity index (χ0n) is 18.1. The van der Waals surface area contributed by atoms with Crippen LogP contribution in [-0.4, -0.2) is 38.2 Å². The SMILES string of the molecule is Cc1cc2nnc(SC(C)C(=O)N3CC(=O)Nc4cc(C(F)(F)F)ccc43)n2c2ccccc12. The first-order valence-electron chi connectivity index (χ1n) is 10.4. The zero-order valence-corrected chi connectivity index (χ0v) is 18.9. The molecule has 11 heteroatoms. The van der Waals surface area contributed by atoms with Crippen molar-refractivity contribution >= 4 is 51.5 Å². The number of para-hydroxylation sites is 1. The van der Waals surface area contributed by atoms with Gasteiger partial charge < -0.3 is 5.32 Å². The van der Waals surface area contributed by atoms with E-state index >= 15 is 0 Å². The second-order valence-corrected chi connectivity index (χ2v) is 9.29. The van der Waals surface area contributed by atoms with E-state index in [1.54, 1.807) is 6.92 Å². The Morgan fingerprint density at radius 3 is 2.68 bits per heavy atom. The van der Waals surface area contributed by atoms with Gasteiger partial charge in [-0.15, -0.1) is 10.2 Å². The molecule has 7 nitrogen and oxygen atoms in total. The molecule has 5 rings (SSSR count). The summed E-state index contributed by atoms with van der Waals surface area (Å²) in [6, 6.07) is 12.6. The van der Waals surface area contributed by atoms with Crippen LogP contribution in [0.4, 0.5) is 24.5 Å². The number of carbonyl (C=O) groups is 2. The van der Waals surface area contributed by atoms with Crippen molar-refractivity contribution in [2.24, 2.45) is 0 Å². The average Bonchev–Trinajstić information content (AvgIpc) is 3.19. The van der Waals surface area contributed by atoms with E-state index in [0.29, 0.717) is 10.8 Å². The summed E-state index contributed by atoms with van der Waals surface area (Å²) >= 11 is 1.17. The number of amides is 2. The van der Waals surface area contributed by atoms with Crippen molar-refractivity contribution in [2.45, 2.75) is 30.4 Å². The number of hydrogen-bond acceptors (Lipinski definition) is 5. The Hall–Kier alpha value is -3.60. The van der Waals surface area contributed by atoms with E-state index in [9.17, 15) is 22.8 Å². The Labute approximate surface area is 195 Å². The molecule has 2 aromatic heterocycles. The van der Waals surface area contributed by atoms with Crippen molar-refractivity contribution in [3.63, 3.8) is 0 Å².